The van der Waals surface area contributed by atoms with Crippen molar-refractivity contribution in [1.82, 2.24) is 0 Å². The molecule has 5 nitrogen and oxygen atoms in total. The molecule has 0 aliphatic heterocycles. The minimum Gasteiger partial charge on any atom is -0.481 e. The summed E-state index contributed by atoms with van der Waals surface area (Å²) in [6, 6.07) is 0. The van der Waals surface area contributed by atoms with Gasteiger partial charge in [0.1, 0.15) is 0 Å². The van der Waals surface area contributed by atoms with Crippen molar-refractivity contribution in [1.29, 1.82) is 0 Å². The van der Waals surface area contributed by atoms with Crippen LogP contribution in [0.4, 0.5) is 0 Å². The Morgan fingerprint density at radius 1 is 0.548 bits per heavy atom. The summed E-state index contributed by atoms with van der Waals surface area (Å²) in [7, 11) is 0. The molecule has 0 aromatic heterocycles. The van der Waals surface area contributed by atoms with Crippen LogP contribution in [0.1, 0.15) is 148 Å². The van der Waals surface area contributed by atoms with Crippen molar-refractivity contribution >= 4 is 11.9 Å². The zero-order chi connectivity index (χ0) is 23.2. The third-order valence-corrected chi connectivity index (χ3v) is 6.29. The average molecular weight is 443 g/mol. The van der Waals surface area contributed by atoms with E-state index in [1.807, 2.05) is 0 Å². The Kier molecular flexibility index (Phi) is 20.0. The summed E-state index contributed by atoms with van der Waals surface area (Å²) in [5, 5.41) is 27.7. The Bertz CT molecular complexity index is 438. The zero-order valence-corrected chi connectivity index (χ0v) is 20.2. The molecule has 0 bridgehead atoms. The van der Waals surface area contributed by atoms with Gasteiger partial charge in [-0.25, -0.2) is 4.79 Å². The number of carboxylic acids is 2. The highest BCUT2D eigenvalue weighted by atomic mass is 16.4. The minimum absolute atomic E-state index is 0.00753. The molecule has 184 valence electrons. The molecule has 1 atom stereocenters. The second-order valence-electron chi connectivity index (χ2n) is 9.37. The SMILES string of the molecule is CCCCCCCCCCCCCCCCCCCCCCC(O)(CC(=O)O)C(=O)O. The van der Waals surface area contributed by atoms with Crippen LogP contribution < -0.4 is 0 Å². The maximum absolute atomic E-state index is 11.1. The van der Waals surface area contributed by atoms with E-state index in [1.54, 1.807) is 0 Å². The van der Waals surface area contributed by atoms with E-state index in [1.165, 1.54) is 103 Å². The van der Waals surface area contributed by atoms with Gasteiger partial charge in [0.05, 0.1) is 6.42 Å². The van der Waals surface area contributed by atoms with Gasteiger partial charge in [-0.3, -0.25) is 4.79 Å². The van der Waals surface area contributed by atoms with Crippen molar-refractivity contribution in [3.8, 4) is 0 Å². The van der Waals surface area contributed by atoms with Gasteiger partial charge in [0.25, 0.3) is 0 Å². The van der Waals surface area contributed by atoms with Crippen molar-refractivity contribution in [2.45, 2.75) is 154 Å². The largest absolute Gasteiger partial charge is 0.481 e. The van der Waals surface area contributed by atoms with Gasteiger partial charge in [-0.2, -0.15) is 0 Å². The number of carboxylic acid groups (broad SMARTS) is 2. The standard InChI is InChI=1S/C26H50O5/c1-2-3-4-5-6-7-8-9-10-11-12-13-14-15-16-17-18-19-20-21-22-26(31,25(29)30)23-24(27)28/h31H,2-23H2,1H3,(H,27,28)(H,29,30). The first-order valence-electron chi connectivity index (χ1n) is 13.1. The van der Waals surface area contributed by atoms with E-state index in [-0.39, 0.29) is 6.42 Å². The first-order chi connectivity index (χ1) is 14.9. The molecule has 0 aliphatic carbocycles. The quantitative estimate of drug-likeness (QED) is 0.135. The van der Waals surface area contributed by atoms with Gasteiger partial charge in [0.15, 0.2) is 5.60 Å². The summed E-state index contributed by atoms with van der Waals surface area (Å²) in [6.07, 6.45) is 24.7. The van der Waals surface area contributed by atoms with Crippen LogP contribution in [0.25, 0.3) is 0 Å². The normalized spacial score (nSPS) is 13.2. The van der Waals surface area contributed by atoms with Crippen LogP contribution in [0, 0.1) is 0 Å². The van der Waals surface area contributed by atoms with Gasteiger partial charge in [0.2, 0.25) is 0 Å². The van der Waals surface area contributed by atoms with Crippen molar-refractivity contribution < 1.29 is 24.9 Å². The summed E-state index contributed by atoms with van der Waals surface area (Å²) >= 11 is 0. The van der Waals surface area contributed by atoms with Crippen LogP contribution in [0.15, 0.2) is 0 Å². The molecule has 0 fully saturated rings. The van der Waals surface area contributed by atoms with Gasteiger partial charge in [-0.1, -0.05) is 129 Å². The molecular weight excluding hydrogens is 392 g/mol. The molecular formula is C26H50O5. The van der Waals surface area contributed by atoms with Crippen molar-refractivity contribution in [3.63, 3.8) is 0 Å². The second kappa shape index (κ2) is 20.8. The molecule has 0 rings (SSSR count). The minimum atomic E-state index is -2.12. The fourth-order valence-electron chi connectivity index (χ4n) is 4.19. The van der Waals surface area contributed by atoms with Crippen LogP contribution in [0.5, 0.6) is 0 Å². The number of rotatable bonds is 24. The molecule has 0 radical (unpaired) electrons. The molecule has 5 heteroatoms. The van der Waals surface area contributed by atoms with E-state index in [0.29, 0.717) is 6.42 Å². The Morgan fingerprint density at radius 2 is 0.839 bits per heavy atom. The molecule has 1 unspecified atom stereocenters. The molecule has 31 heavy (non-hydrogen) atoms. The Morgan fingerprint density at radius 3 is 1.10 bits per heavy atom. The van der Waals surface area contributed by atoms with Crippen molar-refractivity contribution in [3.05, 3.63) is 0 Å². The van der Waals surface area contributed by atoms with Gasteiger partial charge in [0, 0.05) is 0 Å². The van der Waals surface area contributed by atoms with Crippen LogP contribution in [-0.4, -0.2) is 32.9 Å². The van der Waals surface area contributed by atoms with Crippen LogP contribution in [-0.2, 0) is 9.59 Å². The van der Waals surface area contributed by atoms with Crippen LogP contribution >= 0.6 is 0 Å². The number of hydrogen-bond acceptors (Lipinski definition) is 3. The maximum atomic E-state index is 11.1. The predicted molar refractivity (Wildman–Crippen MR) is 127 cm³/mol. The second-order valence-corrected chi connectivity index (χ2v) is 9.37. The summed E-state index contributed by atoms with van der Waals surface area (Å²) in [5.41, 5.74) is -2.12. The van der Waals surface area contributed by atoms with Crippen LogP contribution in [0.2, 0.25) is 0 Å². The van der Waals surface area contributed by atoms with Gasteiger partial charge in [-0.05, 0) is 12.8 Å². The van der Waals surface area contributed by atoms with Crippen molar-refractivity contribution in [2.24, 2.45) is 0 Å². The highest BCUT2D eigenvalue weighted by Crippen LogP contribution is 2.21. The van der Waals surface area contributed by atoms with Gasteiger partial charge >= 0.3 is 11.9 Å². The lowest BCUT2D eigenvalue weighted by molar-refractivity contribution is -0.166. The number of hydrogen-bond donors (Lipinski definition) is 3. The summed E-state index contributed by atoms with van der Waals surface area (Å²) < 4.78 is 0. The van der Waals surface area contributed by atoms with Crippen molar-refractivity contribution in [2.75, 3.05) is 0 Å². The predicted octanol–water partition coefficient (Wildman–Crippen LogP) is 7.49. The fraction of sp³-hybridized carbons (Fsp3) is 0.923. The molecule has 0 saturated carbocycles. The highest BCUT2D eigenvalue weighted by molar-refractivity contribution is 5.83. The first kappa shape index (κ1) is 29.9. The van der Waals surface area contributed by atoms with E-state index < -0.39 is 24.0 Å². The molecule has 0 amide bonds. The van der Waals surface area contributed by atoms with E-state index in [9.17, 15) is 14.7 Å². The number of unbranched alkanes of at least 4 members (excludes halogenated alkanes) is 19. The summed E-state index contributed by atoms with van der Waals surface area (Å²) in [4.78, 5) is 21.8. The highest BCUT2D eigenvalue weighted by Gasteiger charge is 2.37. The molecule has 0 spiro atoms. The molecule has 0 aliphatic rings. The maximum Gasteiger partial charge on any atom is 0.336 e. The van der Waals surface area contributed by atoms with Crippen LogP contribution in [0.3, 0.4) is 0 Å². The third-order valence-electron chi connectivity index (χ3n) is 6.29. The molecule has 3 N–H and O–H groups in total. The van der Waals surface area contributed by atoms with E-state index in [0.717, 1.165) is 19.3 Å². The number of carbonyl (C=O) groups is 2. The van der Waals surface area contributed by atoms with E-state index in [2.05, 4.69) is 6.92 Å². The van der Waals surface area contributed by atoms with Gasteiger partial charge in [-0.15, -0.1) is 0 Å². The lowest BCUT2D eigenvalue weighted by atomic mass is 9.92. The fourth-order valence-corrected chi connectivity index (χ4v) is 4.19. The topological polar surface area (TPSA) is 94.8 Å². The Labute approximate surface area is 191 Å². The van der Waals surface area contributed by atoms with E-state index >= 15 is 0 Å². The lowest BCUT2D eigenvalue weighted by Crippen LogP contribution is -2.40. The number of aliphatic carboxylic acids is 2. The summed E-state index contributed by atoms with van der Waals surface area (Å²) in [6.45, 7) is 2.27. The van der Waals surface area contributed by atoms with E-state index in [4.69, 9.17) is 10.2 Å². The van der Waals surface area contributed by atoms with Gasteiger partial charge < -0.3 is 15.3 Å². The zero-order valence-electron chi connectivity index (χ0n) is 20.2. The lowest BCUT2D eigenvalue weighted by Gasteiger charge is -2.21. The average Bonchev–Trinajstić information content (AvgIpc) is 2.71. The summed E-state index contributed by atoms with van der Waals surface area (Å²) in [5.74, 6) is -2.72. The Hall–Kier alpha value is -1.10. The first-order valence-corrected chi connectivity index (χ1v) is 13.1. The number of aliphatic hydroxyl groups is 1. The molecule has 0 saturated heterocycles. The molecule has 0 aromatic carbocycles. The Balaban J connectivity index is 3.31. The molecule has 0 heterocycles. The monoisotopic (exact) mass is 442 g/mol. The molecule has 0 aromatic rings. The smallest absolute Gasteiger partial charge is 0.336 e. The third kappa shape index (κ3) is 19.3.